The Kier molecular flexibility index (Phi) is 8.16. The summed E-state index contributed by atoms with van der Waals surface area (Å²) in [5.74, 6) is 6.86. The van der Waals surface area contributed by atoms with Crippen LogP contribution in [0.25, 0.3) is 11.2 Å². The molecule has 0 atom stereocenters. The summed E-state index contributed by atoms with van der Waals surface area (Å²) in [6, 6.07) is 15.6. The molecule has 39 heavy (non-hydrogen) atoms. The third kappa shape index (κ3) is 6.42. The fourth-order valence-corrected chi connectivity index (χ4v) is 4.61. The van der Waals surface area contributed by atoms with Gasteiger partial charge in [-0.3, -0.25) is 9.69 Å². The van der Waals surface area contributed by atoms with E-state index in [1.165, 1.54) is 0 Å². The lowest BCUT2D eigenvalue weighted by molar-refractivity contribution is -0.113. The second-order valence-electron chi connectivity index (χ2n) is 9.67. The molecule has 1 saturated heterocycles. The smallest absolute Gasteiger partial charge is 0.229 e. The van der Waals surface area contributed by atoms with Crippen molar-refractivity contribution in [2.24, 2.45) is 0 Å². The Morgan fingerprint density at radius 3 is 2.62 bits per heavy atom. The number of aryl methyl sites for hydroxylation is 2. The van der Waals surface area contributed by atoms with E-state index in [0.717, 1.165) is 60.7 Å². The number of hydrogen-bond acceptors (Lipinski definition) is 8. The number of anilines is 3. The molecule has 0 aliphatic carbocycles. The molecule has 1 aliphatic rings. The molecule has 3 heterocycles. The Morgan fingerprint density at radius 1 is 1.08 bits per heavy atom. The first-order chi connectivity index (χ1) is 19.0. The van der Waals surface area contributed by atoms with Crippen LogP contribution in [0.2, 0.25) is 0 Å². The van der Waals surface area contributed by atoms with Gasteiger partial charge in [0.05, 0.1) is 12.9 Å². The van der Waals surface area contributed by atoms with Crippen LogP contribution in [-0.4, -0.2) is 74.6 Å². The van der Waals surface area contributed by atoms with Gasteiger partial charge < -0.3 is 19.9 Å². The number of Topliss-reactive ketones (excluding diaryl/α,β-unsaturated/α-hetero) is 1. The molecule has 0 bridgehead atoms. The number of carbonyl (C=O) groups excluding carboxylic acids is 1. The standard InChI is InChI=1S/C30H33N7O2/c1-3-36-21-31-27-28(33-30(34-29(27)36)37-15-13-35(14-16-37)17-18-38)32-25-6-4-5-24(19-25)20-26(39)12-11-23-9-7-22(2)8-10-23/h4-10,19,21,38H,3,13-18,20H2,1-2H3,(H,32,33,34). The molecule has 2 aromatic heterocycles. The monoisotopic (exact) mass is 523 g/mol. The van der Waals surface area contributed by atoms with E-state index in [4.69, 9.17) is 9.97 Å². The maximum atomic E-state index is 12.6. The molecule has 0 amide bonds. The number of carbonyl (C=O) groups is 1. The number of β-amino-alcohol motifs (C(OH)–C–C–N with tert-alkyl or cyclic N) is 1. The van der Waals surface area contributed by atoms with E-state index in [-0.39, 0.29) is 18.8 Å². The van der Waals surface area contributed by atoms with Gasteiger partial charge in [0.15, 0.2) is 17.0 Å². The van der Waals surface area contributed by atoms with E-state index >= 15 is 0 Å². The van der Waals surface area contributed by atoms with Crippen molar-refractivity contribution in [2.75, 3.05) is 49.5 Å². The second-order valence-corrected chi connectivity index (χ2v) is 9.67. The van der Waals surface area contributed by atoms with Crippen molar-refractivity contribution < 1.29 is 9.90 Å². The van der Waals surface area contributed by atoms with Gasteiger partial charge in [-0.25, -0.2) is 4.98 Å². The number of ketones is 1. The van der Waals surface area contributed by atoms with Crippen LogP contribution in [0.4, 0.5) is 17.5 Å². The molecule has 200 valence electrons. The first-order valence-corrected chi connectivity index (χ1v) is 13.3. The number of nitrogens with zero attached hydrogens (tertiary/aromatic N) is 6. The van der Waals surface area contributed by atoms with Gasteiger partial charge in [0.1, 0.15) is 0 Å². The van der Waals surface area contributed by atoms with Gasteiger partial charge in [0.25, 0.3) is 0 Å². The lowest BCUT2D eigenvalue weighted by Gasteiger charge is -2.34. The van der Waals surface area contributed by atoms with Crippen molar-refractivity contribution in [1.29, 1.82) is 0 Å². The van der Waals surface area contributed by atoms with Crippen LogP contribution in [0, 0.1) is 18.8 Å². The molecule has 0 saturated carbocycles. The average Bonchev–Trinajstić information content (AvgIpc) is 3.37. The van der Waals surface area contributed by atoms with Gasteiger partial charge >= 0.3 is 0 Å². The van der Waals surface area contributed by atoms with Crippen molar-refractivity contribution in [3.8, 4) is 11.8 Å². The highest BCUT2D eigenvalue weighted by Crippen LogP contribution is 2.26. The summed E-state index contributed by atoms with van der Waals surface area (Å²) in [5.41, 5.74) is 5.15. The van der Waals surface area contributed by atoms with Gasteiger partial charge in [-0.1, -0.05) is 35.7 Å². The molecule has 9 heteroatoms. The summed E-state index contributed by atoms with van der Waals surface area (Å²) in [6.07, 6.45) is 2.01. The van der Waals surface area contributed by atoms with Gasteiger partial charge in [0, 0.05) is 56.9 Å². The summed E-state index contributed by atoms with van der Waals surface area (Å²) < 4.78 is 2.01. The number of imidazole rings is 1. The Bertz CT molecular complexity index is 1510. The van der Waals surface area contributed by atoms with Crippen molar-refractivity contribution in [2.45, 2.75) is 26.8 Å². The van der Waals surface area contributed by atoms with Crippen LogP contribution < -0.4 is 10.2 Å². The third-order valence-corrected chi connectivity index (χ3v) is 6.82. The molecule has 5 rings (SSSR count). The van der Waals surface area contributed by atoms with E-state index in [0.29, 0.717) is 23.8 Å². The minimum absolute atomic E-state index is 0.138. The number of aliphatic hydroxyl groups excluding tert-OH is 1. The molecule has 9 nitrogen and oxygen atoms in total. The third-order valence-electron chi connectivity index (χ3n) is 6.82. The van der Waals surface area contributed by atoms with Gasteiger partial charge in [-0.15, -0.1) is 0 Å². The van der Waals surface area contributed by atoms with Crippen LogP contribution in [-0.2, 0) is 17.8 Å². The summed E-state index contributed by atoms with van der Waals surface area (Å²) in [4.78, 5) is 31.3. The van der Waals surface area contributed by atoms with Crippen molar-refractivity contribution in [3.63, 3.8) is 0 Å². The summed E-state index contributed by atoms with van der Waals surface area (Å²) in [7, 11) is 0. The molecular weight excluding hydrogens is 490 g/mol. The highest BCUT2D eigenvalue weighted by atomic mass is 16.3. The SMILES string of the molecule is CCn1cnc2c(Nc3cccc(CC(=O)C#Cc4ccc(C)cc4)c3)nc(N3CCN(CCO)CC3)nc21. The number of aromatic nitrogens is 4. The molecule has 1 aliphatic heterocycles. The van der Waals surface area contributed by atoms with Crippen LogP contribution >= 0.6 is 0 Å². The van der Waals surface area contributed by atoms with E-state index in [1.54, 1.807) is 6.33 Å². The number of benzene rings is 2. The normalized spacial score (nSPS) is 13.8. The van der Waals surface area contributed by atoms with E-state index in [1.807, 2.05) is 60.0 Å². The average molecular weight is 524 g/mol. The highest BCUT2D eigenvalue weighted by Gasteiger charge is 2.22. The fraction of sp³-hybridized carbons (Fsp3) is 0.333. The summed E-state index contributed by atoms with van der Waals surface area (Å²) in [6.45, 7) is 8.94. The maximum Gasteiger partial charge on any atom is 0.229 e. The van der Waals surface area contributed by atoms with E-state index < -0.39 is 0 Å². The van der Waals surface area contributed by atoms with Gasteiger partial charge in [-0.05, 0) is 49.6 Å². The lowest BCUT2D eigenvalue weighted by Crippen LogP contribution is -2.47. The minimum Gasteiger partial charge on any atom is -0.395 e. The fourth-order valence-electron chi connectivity index (χ4n) is 4.61. The van der Waals surface area contributed by atoms with Crippen molar-refractivity contribution in [1.82, 2.24) is 24.4 Å². The Balaban J connectivity index is 1.35. The minimum atomic E-state index is -0.138. The molecule has 0 unspecified atom stereocenters. The van der Waals surface area contributed by atoms with Crippen LogP contribution in [0.15, 0.2) is 54.9 Å². The number of nitrogens with one attached hydrogen (secondary N) is 1. The van der Waals surface area contributed by atoms with Crippen molar-refractivity contribution in [3.05, 3.63) is 71.5 Å². The Morgan fingerprint density at radius 2 is 1.87 bits per heavy atom. The molecule has 0 radical (unpaired) electrons. The number of hydrogen-bond donors (Lipinski definition) is 2. The number of fused-ring (bicyclic) bond motifs is 1. The molecule has 2 aromatic carbocycles. The summed E-state index contributed by atoms with van der Waals surface area (Å²) >= 11 is 0. The Labute approximate surface area is 228 Å². The molecule has 2 N–H and O–H groups in total. The zero-order valence-electron chi connectivity index (χ0n) is 22.4. The topological polar surface area (TPSA) is 99.4 Å². The molecule has 1 fully saturated rings. The number of piperazine rings is 1. The molecule has 4 aromatic rings. The number of aliphatic hydroxyl groups is 1. The van der Waals surface area contributed by atoms with Crippen LogP contribution in [0.3, 0.4) is 0 Å². The van der Waals surface area contributed by atoms with Crippen LogP contribution in [0.1, 0.15) is 23.6 Å². The predicted octanol–water partition coefficient (Wildman–Crippen LogP) is 3.18. The van der Waals surface area contributed by atoms with Gasteiger partial charge in [0.2, 0.25) is 11.7 Å². The van der Waals surface area contributed by atoms with Gasteiger partial charge in [-0.2, -0.15) is 9.97 Å². The van der Waals surface area contributed by atoms with E-state index in [2.05, 4.69) is 38.9 Å². The predicted molar refractivity (Wildman–Crippen MR) is 153 cm³/mol. The number of rotatable bonds is 8. The quantitative estimate of drug-likeness (QED) is 0.340. The Hall–Kier alpha value is -4.26. The molecular formula is C30H33N7O2. The highest BCUT2D eigenvalue weighted by molar-refractivity contribution is 5.97. The first kappa shape index (κ1) is 26.4. The zero-order valence-corrected chi connectivity index (χ0v) is 22.4. The largest absolute Gasteiger partial charge is 0.395 e. The lowest BCUT2D eigenvalue weighted by atomic mass is 10.1. The van der Waals surface area contributed by atoms with Crippen molar-refractivity contribution >= 4 is 34.4 Å². The van der Waals surface area contributed by atoms with E-state index in [9.17, 15) is 9.90 Å². The zero-order chi connectivity index (χ0) is 27.2. The summed E-state index contributed by atoms with van der Waals surface area (Å²) in [5, 5.41) is 12.7. The molecule has 0 spiro atoms. The first-order valence-electron chi connectivity index (χ1n) is 13.3. The van der Waals surface area contributed by atoms with Crippen LogP contribution in [0.5, 0.6) is 0 Å². The maximum absolute atomic E-state index is 12.6. The second kappa shape index (κ2) is 12.1.